The third kappa shape index (κ3) is 9.96. The van der Waals surface area contributed by atoms with Gasteiger partial charge < -0.3 is 31.2 Å². The van der Waals surface area contributed by atoms with Crippen LogP contribution in [0.25, 0.3) is 10.9 Å². The Morgan fingerprint density at radius 3 is 2.18 bits per heavy atom. The van der Waals surface area contributed by atoms with Crippen molar-refractivity contribution < 1.29 is 41.5 Å². The first kappa shape index (κ1) is 43.2. The second-order valence-electron chi connectivity index (χ2n) is 15.8. The fourth-order valence-electron chi connectivity index (χ4n) is 7.91. The zero-order chi connectivity index (χ0) is 41.7. The maximum atomic E-state index is 14.8. The minimum atomic E-state index is -4.65. The molecule has 1 aliphatic heterocycles. The summed E-state index contributed by atoms with van der Waals surface area (Å²) in [4.78, 5) is 72.7. The molecule has 1 fully saturated rings. The predicted octanol–water partition coefficient (Wildman–Crippen LogP) is 5.35. The van der Waals surface area contributed by atoms with Crippen molar-refractivity contribution in [2.24, 2.45) is 17.8 Å². The molecule has 5 amide bonds. The van der Waals surface area contributed by atoms with Gasteiger partial charge in [-0.1, -0.05) is 70.9 Å². The quantitative estimate of drug-likeness (QED) is 0.139. The molecule has 11 nitrogen and oxygen atoms in total. The monoisotopic (exact) mass is 798 g/mol. The van der Waals surface area contributed by atoms with Gasteiger partial charge in [-0.15, -0.1) is 0 Å². The summed E-state index contributed by atoms with van der Waals surface area (Å²) in [7, 11) is 0. The normalized spacial score (nSPS) is 19.5. The number of carbonyl (C=O) groups excluding carboxylic acids is 5. The van der Waals surface area contributed by atoms with Gasteiger partial charge in [-0.3, -0.25) is 24.0 Å². The molecule has 2 aliphatic rings. The first-order chi connectivity index (χ1) is 27.0. The SMILES string of the molecule is CCC(C)[C@H](NC(=O)Cc1ccccc1F)C(=O)N[C@]1(C(=O)NC(C(=O)NCC2CCN(C(C)=O)CC2)[C@@H](C)CC)CCc2[nH]c3c(C(F)(F)F)cccc3c2C1. The van der Waals surface area contributed by atoms with Gasteiger partial charge in [0.05, 0.1) is 17.5 Å². The number of aromatic nitrogens is 1. The number of aromatic amines is 1. The van der Waals surface area contributed by atoms with Gasteiger partial charge in [0.2, 0.25) is 29.5 Å². The van der Waals surface area contributed by atoms with Crippen molar-refractivity contribution in [2.45, 2.75) is 110 Å². The van der Waals surface area contributed by atoms with E-state index in [9.17, 15) is 41.5 Å². The molecule has 0 bridgehead atoms. The highest BCUT2D eigenvalue weighted by atomic mass is 19.4. The van der Waals surface area contributed by atoms with Gasteiger partial charge in [-0.25, -0.2) is 4.39 Å². The lowest BCUT2D eigenvalue weighted by Crippen LogP contribution is -2.67. The lowest BCUT2D eigenvalue weighted by molar-refractivity contribution is -0.139. The highest BCUT2D eigenvalue weighted by Gasteiger charge is 2.47. The van der Waals surface area contributed by atoms with E-state index >= 15 is 0 Å². The second kappa shape index (κ2) is 18.1. The van der Waals surface area contributed by atoms with Crippen molar-refractivity contribution in [1.82, 2.24) is 31.2 Å². The van der Waals surface area contributed by atoms with E-state index in [1.807, 2.05) is 20.8 Å². The van der Waals surface area contributed by atoms with E-state index in [4.69, 9.17) is 0 Å². The largest absolute Gasteiger partial charge is 0.418 e. The summed E-state index contributed by atoms with van der Waals surface area (Å²) >= 11 is 0. The Labute approximate surface area is 330 Å². The van der Waals surface area contributed by atoms with Crippen molar-refractivity contribution in [2.75, 3.05) is 19.6 Å². The Morgan fingerprint density at radius 1 is 0.912 bits per heavy atom. The molecular formula is C42H54F4N6O5. The van der Waals surface area contributed by atoms with Crippen LogP contribution in [-0.2, 0) is 49.4 Å². The number of carbonyl (C=O) groups is 5. The first-order valence-electron chi connectivity index (χ1n) is 19.9. The van der Waals surface area contributed by atoms with Crippen LogP contribution >= 0.6 is 0 Å². The van der Waals surface area contributed by atoms with Crippen LogP contribution < -0.4 is 21.3 Å². The molecule has 57 heavy (non-hydrogen) atoms. The van der Waals surface area contributed by atoms with Crippen molar-refractivity contribution >= 4 is 40.4 Å². The van der Waals surface area contributed by atoms with Crippen molar-refractivity contribution in [3.8, 4) is 0 Å². The van der Waals surface area contributed by atoms with Gasteiger partial charge in [0.1, 0.15) is 23.4 Å². The van der Waals surface area contributed by atoms with E-state index in [0.29, 0.717) is 56.6 Å². The Balaban J connectivity index is 1.45. The van der Waals surface area contributed by atoms with E-state index in [1.165, 1.54) is 37.3 Å². The third-order valence-corrected chi connectivity index (χ3v) is 11.9. The first-order valence-corrected chi connectivity index (χ1v) is 19.9. The van der Waals surface area contributed by atoms with E-state index in [2.05, 4.69) is 26.3 Å². The summed E-state index contributed by atoms with van der Waals surface area (Å²) < 4.78 is 56.7. The molecule has 5 N–H and O–H groups in total. The maximum Gasteiger partial charge on any atom is 0.418 e. The highest BCUT2D eigenvalue weighted by molar-refractivity contribution is 5.99. The number of hydrogen-bond acceptors (Lipinski definition) is 5. The van der Waals surface area contributed by atoms with Crippen LogP contribution in [0.15, 0.2) is 42.5 Å². The number of rotatable bonds is 14. The average Bonchev–Trinajstić information content (AvgIpc) is 3.55. The number of fused-ring (bicyclic) bond motifs is 3. The van der Waals surface area contributed by atoms with Crippen LogP contribution in [0.4, 0.5) is 17.6 Å². The number of benzene rings is 2. The van der Waals surface area contributed by atoms with Gasteiger partial charge in [0.25, 0.3) is 0 Å². The molecule has 3 aromatic rings. The summed E-state index contributed by atoms with van der Waals surface area (Å²) in [5.41, 5.74) is -1.64. The molecule has 5 rings (SSSR count). The fourth-order valence-corrected chi connectivity index (χ4v) is 7.91. The number of para-hydroxylation sites is 1. The van der Waals surface area contributed by atoms with E-state index in [-0.39, 0.29) is 59.9 Å². The summed E-state index contributed by atoms with van der Waals surface area (Å²) in [6, 6.07) is 7.45. The number of nitrogens with zero attached hydrogens (tertiary/aromatic N) is 1. The highest BCUT2D eigenvalue weighted by Crippen LogP contribution is 2.40. The number of halogens is 4. The summed E-state index contributed by atoms with van der Waals surface area (Å²) in [5, 5.41) is 11.8. The van der Waals surface area contributed by atoms with Crippen LogP contribution in [0.5, 0.6) is 0 Å². The minimum absolute atomic E-state index is 0.00161. The van der Waals surface area contributed by atoms with Crippen LogP contribution in [0.2, 0.25) is 0 Å². The molecule has 15 heteroatoms. The number of aryl methyl sites for hydroxylation is 1. The van der Waals surface area contributed by atoms with Crippen molar-refractivity contribution in [3.63, 3.8) is 0 Å². The van der Waals surface area contributed by atoms with E-state index in [1.54, 1.807) is 17.9 Å². The van der Waals surface area contributed by atoms with E-state index in [0.717, 1.165) is 6.07 Å². The Bertz CT molecular complexity index is 1960. The molecule has 0 saturated carbocycles. The maximum absolute atomic E-state index is 14.8. The van der Waals surface area contributed by atoms with Gasteiger partial charge >= 0.3 is 6.18 Å². The van der Waals surface area contributed by atoms with Gasteiger partial charge in [0, 0.05) is 44.1 Å². The second-order valence-corrected chi connectivity index (χ2v) is 15.8. The molecular weight excluding hydrogens is 744 g/mol. The summed E-state index contributed by atoms with van der Waals surface area (Å²) in [6.45, 7) is 10.3. The lowest BCUT2D eigenvalue weighted by Gasteiger charge is -2.40. The number of alkyl halides is 3. The van der Waals surface area contributed by atoms with Crippen molar-refractivity contribution in [3.05, 3.63) is 70.7 Å². The molecule has 0 radical (unpaired) electrons. The molecule has 310 valence electrons. The van der Waals surface area contributed by atoms with Gasteiger partial charge in [-0.05, 0) is 66.7 Å². The number of nitrogens with one attached hydrogen (secondary N) is 5. The Morgan fingerprint density at radius 2 is 1.56 bits per heavy atom. The van der Waals surface area contributed by atoms with E-state index < -0.39 is 64.7 Å². The molecule has 1 aliphatic carbocycles. The third-order valence-electron chi connectivity index (χ3n) is 11.9. The Kier molecular flexibility index (Phi) is 13.7. The van der Waals surface area contributed by atoms with Crippen LogP contribution in [0.3, 0.4) is 0 Å². The number of piperidine rings is 1. The predicted molar refractivity (Wildman–Crippen MR) is 207 cm³/mol. The fraction of sp³-hybridized carbons (Fsp3) is 0.548. The number of hydrogen-bond donors (Lipinski definition) is 5. The minimum Gasteiger partial charge on any atom is -0.358 e. The molecule has 2 aromatic carbocycles. The molecule has 2 heterocycles. The summed E-state index contributed by atoms with van der Waals surface area (Å²) in [5.74, 6) is -3.61. The van der Waals surface area contributed by atoms with Crippen LogP contribution in [-0.4, -0.2) is 76.7 Å². The Hall–Kier alpha value is -4.95. The standard InChI is InChI=1S/C42H54F4N6O5/c1-6-24(3)35(38(55)47-23-27-16-19-52(20-17-27)26(5)53)50-40(57)41(18-15-33-30(22-41)29-12-10-13-31(37(29)48-33)42(44,45)46)51-39(56)36(25(4)7-2)49-34(54)21-28-11-8-9-14-32(28)43/h8-14,24-25,27,35-36,48H,6-7,15-23H2,1-5H3,(H,47,55)(H,49,54)(H,50,57)(H,51,56)/t24-,25?,35?,36-,41+/m0/s1. The number of amides is 5. The lowest BCUT2D eigenvalue weighted by atomic mass is 9.78. The number of H-pyrrole nitrogens is 1. The molecule has 5 atom stereocenters. The van der Waals surface area contributed by atoms with Crippen LogP contribution in [0, 0.1) is 23.6 Å². The van der Waals surface area contributed by atoms with Gasteiger partial charge in [-0.2, -0.15) is 13.2 Å². The molecule has 1 aromatic heterocycles. The number of likely N-dealkylation sites (tertiary alicyclic amines) is 1. The molecule has 2 unspecified atom stereocenters. The van der Waals surface area contributed by atoms with Gasteiger partial charge in [0.15, 0.2) is 0 Å². The zero-order valence-electron chi connectivity index (χ0n) is 33.2. The molecule has 1 saturated heterocycles. The zero-order valence-corrected chi connectivity index (χ0v) is 33.2. The average molecular weight is 799 g/mol. The molecule has 0 spiro atoms. The smallest absolute Gasteiger partial charge is 0.358 e. The van der Waals surface area contributed by atoms with Crippen LogP contribution in [0.1, 0.15) is 89.1 Å². The summed E-state index contributed by atoms with van der Waals surface area (Å²) in [6.07, 6.45) is -2.70. The topological polar surface area (TPSA) is 152 Å². The van der Waals surface area contributed by atoms with Crippen molar-refractivity contribution in [1.29, 1.82) is 0 Å².